The molecule has 134 valence electrons. The van der Waals surface area contributed by atoms with E-state index < -0.39 is 0 Å². The molecule has 0 fully saturated rings. The number of aromatic nitrogens is 4. The maximum absolute atomic E-state index is 12.8. The Labute approximate surface area is 153 Å². The molecular weight excluding hydrogens is 326 g/mol. The zero-order chi connectivity index (χ0) is 18.7. The molecule has 2 heterocycles. The van der Waals surface area contributed by atoms with Crippen molar-refractivity contribution in [1.82, 2.24) is 24.6 Å². The van der Waals surface area contributed by atoms with Gasteiger partial charge >= 0.3 is 0 Å². The number of aryl methyl sites for hydroxylation is 1. The lowest BCUT2D eigenvalue weighted by Crippen LogP contribution is -2.27. The minimum Gasteiger partial charge on any atom is -0.337 e. The Bertz CT molecular complexity index is 902. The number of rotatable bonds is 5. The lowest BCUT2D eigenvalue weighted by molar-refractivity contribution is 0.0783. The van der Waals surface area contributed by atoms with E-state index in [-0.39, 0.29) is 11.8 Å². The van der Waals surface area contributed by atoms with Gasteiger partial charge in [-0.2, -0.15) is 5.10 Å². The van der Waals surface area contributed by atoms with Gasteiger partial charge in [0.05, 0.1) is 16.9 Å². The van der Waals surface area contributed by atoms with Crippen molar-refractivity contribution in [1.29, 1.82) is 0 Å². The van der Waals surface area contributed by atoms with Crippen LogP contribution in [0.25, 0.3) is 5.69 Å². The van der Waals surface area contributed by atoms with E-state index in [9.17, 15) is 4.79 Å². The number of hydrogen-bond donors (Lipinski definition) is 0. The highest BCUT2D eigenvalue weighted by Gasteiger charge is 2.17. The van der Waals surface area contributed by atoms with Gasteiger partial charge in [-0.15, -0.1) is 0 Å². The Morgan fingerprint density at radius 2 is 2.08 bits per heavy atom. The SMILES string of the molecule is Cc1nc(C(C)C)ncc1C(=O)N(C)Cc1cccc(-n2cccn2)c1. The van der Waals surface area contributed by atoms with Crippen LogP contribution < -0.4 is 0 Å². The van der Waals surface area contributed by atoms with Gasteiger partial charge in [-0.1, -0.05) is 26.0 Å². The number of amides is 1. The van der Waals surface area contributed by atoms with Gasteiger partial charge in [-0.3, -0.25) is 4.79 Å². The zero-order valence-corrected chi connectivity index (χ0v) is 15.5. The molecule has 0 atom stereocenters. The summed E-state index contributed by atoms with van der Waals surface area (Å²) < 4.78 is 1.80. The van der Waals surface area contributed by atoms with Crippen molar-refractivity contribution in [2.24, 2.45) is 0 Å². The monoisotopic (exact) mass is 349 g/mol. The van der Waals surface area contributed by atoms with Crippen molar-refractivity contribution >= 4 is 5.91 Å². The maximum atomic E-state index is 12.8. The predicted octanol–water partition coefficient (Wildman–Crippen LogP) is 3.37. The molecule has 0 aliphatic carbocycles. The van der Waals surface area contributed by atoms with E-state index in [0.717, 1.165) is 17.1 Å². The largest absolute Gasteiger partial charge is 0.337 e. The minimum atomic E-state index is -0.0812. The summed E-state index contributed by atoms with van der Waals surface area (Å²) in [5.41, 5.74) is 3.26. The fraction of sp³-hybridized carbons (Fsp3) is 0.300. The van der Waals surface area contributed by atoms with Crippen LogP contribution in [-0.2, 0) is 6.54 Å². The second kappa shape index (κ2) is 7.47. The highest BCUT2D eigenvalue weighted by molar-refractivity contribution is 5.94. The molecule has 1 aromatic carbocycles. The molecule has 0 bridgehead atoms. The second-order valence-electron chi connectivity index (χ2n) is 6.66. The summed E-state index contributed by atoms with van der Waals surface area (Å²) in [6.07, 6.45) is 5.27. The van der Waals surface area contributed by atoms with E-state index in [4.69, 9.17) is 0 Å². The number of benzene rings is 1. The average Bonchev–Trinajstić information content (AvgIpc) is 3.16. The summed E-state index contributed by atoms with van der Waals surface area (Å²) in [7, 11) is 1.79. The third-order valence-electron chi connectivity index (χ3n) is 4.19. The molecule has 2 aromatic heterocycles. The first kappa shape index (κ1) is 17.8. The van der Waals surface area contributed by atoms with Gasteiger partial charge in [-0.05, 0) is 30.7 Å². The minimum absolute atomic E-state index is 0.0812. The van der Waals surface area contributed by atoms with Crippen LogP contribution in [0.15, 0.2) is 48.9 Å². The number of nitrogens with zero attached hydrogens (tertiary/aromatic N) is 5. The molecule has 3 aromatic rings. The highest BCUT2D eigenvalue weighted by Crippen LogP contribution is 2.15. The second-order valence-corrected chi connectivity index (χ2v) is 6.66. The quantitative estimate of drug-likeness (QED) is 0.708. The molecule has 6 heteroatoms. The van der Waals surface area contributed by atoms with Gasteiger partial charge in [0.15, 0.2) is 0 Å². The molecule has 0 saturated heterocycles. The lowest BCUT2D eigenvalue weighted by Gasteiger charge is -2.19. The van der Waals surface area contributed by atoms with Crippen molar-refractivity contribution in [3.05, 3.63) is 71.6 Å². The van der Waals surface area contributed by atoms with Crippen LogP contribution in [0.4, 0.5) is 0 Å². The van der Waals surface area contributed by atoms with Crippen LogP contribution in [0.3, 0.4) is 0 Å². The number of carbonyl (C=O) groups is 1. The van der Waals surface area contributed by atoms with E-state index in [1.165, 1.54) is 0 Å². The van der Waals surface area contributed by atoms with Gasteiger partial charge in [-0.25, -0.2) is 14.6 Å². The summed E-state index contributed by atoms with van der Waals surface area (Å²) >= 11 is 0. The molecular formula is C20H23N5O. The predicted molar refractivity (Wildman–Crippen MR) is 100 cm³/mol. The standard InChI is InChI=1S/C20H23N5O/c1-14(2)19-21-12-18(15(3)23-19)20(26)24(4)13-16-7-5-8-17(11-16)25-10-6-9-22-25/h5-12,14H,13H2,1-4H3. The molecule has 0 aliphatic rings. The lowest BCUT2D eigenvalue weighted by atomic mass is 10.1. The molecule has 26 heavy (non-hydrogen) atoms. The molecule has 0 unspecified atom stereocenters. The fourth-order valence-corrected chi connectivity index (χ4v) is 2.74. The normalized spacial score (nSPS) is 11.0. The molecule has 0 N–H and O–H groups in total. The van der Waals surface area contributed by atoms with Crippen LogP contribution in [0.5, 0.6) is 0 Å². The Kier molecular flexibility index (Phi) is 5.11. The average molecular weight is 349 g/mol. The van der Waals surface area contributed by atoms with Gasteiger partial charge < -0.3 is 4.90 Å². The van der Waals surface area contributed by atoms with E-state index in [0.29, 0.717) is 17.8 Å². The van der Waals surface area contributed by atoms with Crippen LogP contribution in [0.2, 0.25) is 0 Å². The van der Waals surface area contributed by atoms with Crippen LogP contribution >= 0.6 is 0 Å². The van der Waals surface area contributed by atoms with Crippen molar-refractivity contribution in [3.63, 3.8) is 0 Å². The van der Waals surface area contributed by atoms with Gasteiger partial charge in [0.2, 0.25) is 0 Å². The molecule has 1 amide bonds. The van der Waals surface area contributed by atoms with Gasteiger partial charge in [0.1, 0.15) is 5.82 Å². The molecule has 0 saturated carbocycles. The van der Waals surface area contributed by atoms with Crippen LogP contribution in [0, 0.1) is 6.92 Å². The smallest absolute Gasteiger partial charge is 0.257 e. The Hall–Kier alpha value is -3.02. The Morgan fingerprint density at radius 1 is 1.27 bits per heavy atom. The molecule has 3 rings (SSSR count). The summed E-state index contributed by atoms with van der Waals surface area (Å²) in [5.74, 6) is 0.913. The van der Waals surface area contributed by atoms with E-state index in [1.807, 2.05) is 57.3 Å². The number of hydrogen-bond acceptors (Lipinski definition) is 4. The third-order valence-corrected chi connectivity index (χ3v) is 4.19. The first-order chi connectivity index (χ1) is 12.5. The third kappa shape index (κ3) is 3.79. The maximum Gasteiger partial charge on any atom is 0.257 e. The van der Waals surface area contributed by atoms with E-state index in [2.05, 4.69) is 15.1 Å². The van der Waals surface area contributed by atoms with Gasteiger partial charge in [0.25, 0.3) is 5.91 Å². The topological polar surface area (TPSA) is 63.9 Å². The summed E-state index contributed by atoms with van der Waals surface area (Å²) in [5, 5.41) is 4.24. The summed E-state index contributed by atoms with van der Waals surface area (Å²) in [6.45, 7) is 6.43. The Balaban J connectivity index is 1.77. The molecule has 0 aliphatic heterocycles. The van der Waals surface area contributed by atoms with E-state index in [1.54, 1.807) is 29.0 Å². The summed E-state index contributed by atoms with van der Waals surface area (Å²) in [4.78, 5) is 23.3. The van der Waals surface area contributed by atoms with Crippen molar-refractivity contribution < 1.29 is 4.79 Å². The van der Waals surface area contributed by atoms with Crippen LogP contribution in [0.1, 0.15) is 47.2 Å². The molecule has 6 nitrogen and oxygen atoms in total. The first-order valence-corrected chi connectivity index (χ1v) is 8.63. The van der Waals surface area contributed by atoms with Crippen molar-refractivity contribution in [2.75, 3.05) is 7.05 Å². The number of carbonyl (C=O) groups excluding carboxylic acids is 1. The fourth-order valence-electron chi connectivity index (χ4n) is 2.74. The van der Waals surface area contributed by atoms with Gasteiger partial charge in [0, 0.05) is 38.1 Å². The molecule has 0 radical (unpaired) electrons. The van der Waals surface area contributed by atoms with Crippen molar-refractivity contribution in [3.8, 4) is 5.69 Å². The molecule has 0 spiro atoms. The zero-order valence-electron chi connectivity index (χ0n) is 15.5. The Morgan fingerprint density at radius 3 is 2.73 bits per heavy atom. The first-order valence-electron chi connectivity index (χ1n) is 8.63. The summed E-state index contributed by atoms with van der Waals surface area (Å²) in [6, 6.07) is 9.87. The highest BCUT2D eigenvalue weighted by atomic mass is 16.2. The van der Waals surface area contributed by atoms with Crippen molar-refractivity contribution in [2.45, 2.75) is 33.2 Å². The van der Waals surface area contributed by atoms with E-state index >= 15 is 0 Å². The van der Waals surface area contributed by atoms with Crippen LogP contribution in [-0.4, -0.2) is 37.6 Å².